The molecule has 1 aliphatic heterocycles. The number of ether oxygens (including phenoxy) is 1. The first-order valence-electron chi connectivity index (χ1n) is 9.44. The predicted octanol–water partition coefficient (Wildman–Crippen LogP) is 2.51. The van der Waals surface area contributed by atoms with E-state index in [-0.39, 0.29) is 5.95 Å². The second-order valence-electron chi connectivity index (χ2n) is 7.15. The Labute approximate surface area is 155 Å². The van der Waals surface area contributed by atoms with Crippen molar-refractivity contribution in [1.29, 1.82) is 0 Å². The van der Waals surface area contributed by atoms with Crippen LogP contribution in [-0.2, 0) is 13.6 Å². The molecule has 7 heteroatoms. The topological polar surface area (TPSA) is 81.2 Å². The van der Waals surface area contributed by atoms with Crippen LogP contribution in [0.15, 0.2) is 24.3 Å². The number of nitrogens with zero attached hydrogens (tertiary/aromatic N) is 4. The summed E-state index contributed by atoms with van der Waals surface area (Å²) in [6.45, 7) is 7.18. The fraction of sp³-hybridized carbons (Fsp3) is 0.579. The maximum absolute atomic E-state index is 5.90. The summed E-state index contributed by atoms with van der Waals surface area (Å²) < 4.78 is 7.54. The van der Waals surface area contributed by atoms with E-state index in [1.54, 1.807) is 4.68 Å². The zero-order valence-corrected chi connectivity index (χ0v) is 15.8. The van der Waals surface area contributed by atoms with Gasteiger partial charge in [0.2, 0.25) is 11.9 Å². The minimum Gasteiger partial charge on any atom is -0.494 e. The summed E-state index contributed by atoms with van der Waals surface area (Å²) in [4.78, 5) is 6.65. The van der Waals surface area contributed by atoms with Crippen molar-refractivity contribution in [2.45, 2.75) is 32.7 Å². The van der Waals surface area contributed by atoms with Crippen LogP contribution < -0.4 is 15.8 Å². The van der Waals surface area contributed by atoms with E-state index < -0.39 is 0 Å². The van der Waals surface area contributed by atoms with E-state index in [9.17, 15) is 0 Å². The van der Waals surface area contributed by atoms with Crippen molar-refractivity contribution in [3.05, 3.63) is 29.8 Å². The minimum atomic E-state index is 0.284. The Hall–Kier alpha value is -2.28. The van der Waals surface area contributed by atoms with Crippen molar-refractivity contribution in [1.82, 2.24) is 19.7 Å². The van der Waals surface area contributed by atoms with Crippen molar-refractivity contribution in [2.75, 3.05) is 37.3 Å². The van der Waals surface area contributed by atoms with Crippen LogP contribution in [0.3, 0.4) is 0 Å². The first-order chi connectivity index (χ1) is 12.6. The number of hydrogen-bond donors (Lipinski definition) is 2. The molecular weight excluding hydrogens is 328 g/mol. The van der Waals surface area contributed by atoms with Gasteiger partial charge in [0, 0.05) is 20.1 Å². The Morgan fingerprint density at radius 3 is 2.85 bits per heavy atom. The molecule has 0 saturated carbocycles. The molecule has 1 aromatic carbocycles. The van der Waals surface area contributed by atoms with Gasteiger partial charge in [0.05, 0.1) is 6.61 Å². The lowest BCUT2D eigenvalue weighted by Gasteiger charge is -2.30. The third kappa shape index (κ3) is 5.36. The van der Waals surface area contributed by atoms with Crippen LogP contribution in [0.5, 0.6) is 5.75 Å². The number of rotatable bonds is 8. The maximum atomic E-state index is 5.90. The third-order valence-corrected chi connectivity index (χ3v) is 4.83. The molecule has 0 amide bonds. The minimum absolute atomic E-state index is 0.284. The summed E-state index contributed by atoms with van der Waals surface area (Å²) in [6, 6.07) is 8.45. The van der Waals surface area contributed by atoms with Gasteiger partial charge >= 0.3 is 0 Å². The molecule has 26 heavy (non-hydrogen) atoms. The van der Waals surface area contributed by atoms with Crippen LogP contribution in [0.25, 0.3) is 0 Å². The maximum Gasteiger partial charge on any atom is 0.241 e. The average Bonchev–Trinajstić information content (AvgIpc) is 2.94. The lowest BCUT2D eigenvalue weighted by molar-refractivity contribution is 0.185. The van der Waals surface area contributed by atoms with Gasteiger partial charge in [0.25, 0.3) is 0 Å². The molecule has 3 N–H and O–H groups in total. The first kappa shape index (κ1) is 18.5. The van der Waals surface area contributed by atoms with E-state index in [0.29, 0.717) is 12.6 Å². The fourth-order valence-electron chi connectivity index (χ4n) is 3.23. The summed E-state index contributed by atoms with van der Waals surface area (Å²) in [6.07, 6.45) is 3.49. The van der Waals surface area contributed by atoms with Crippen molar-refractivity contribution in [2.24, 2.45) is 13.0 Å². The Morgan fingerprint density at radius 1 is 1.31 bits per heavy atom. The summed E-state index contributed by atoms with van der Waals surface area (Å²) in [7, 11) is 1.82. The molecule has 1 fully saturated rings. The molecule has 0 spiro atoms. The molecule has 0 bridgehead atoms. The number of nitrogens with one attached hydrogen (secondary N) is 1. The molecule has 7 nitrogen and oxygen atoms in total. The summed E-state index contributed by atoms with van der Waals surface area (Å²) in [5.74, 6) is 2.77. The monoisotopic (exact) mass is 358 g/mol. The van der Waals surface area contributed by atoms with Crippen molar-refractivity contribution in [3.8, 4) is 5.75 Å². The number of anilines is 2. The Bertz CT molecular complexity index is 693. The van der Waals surface area contributed by atoms with Gasteiger partial charge in [-0.15, -0.1) is 5.10 Å². The van der Waals surface area contributed by atoms with E-state index >= 15 is 0 Å². The first-order valence-corrected chi connectivity index (χ1v) is 9.44. The number of aromatic nitrogens is 3. The zero-order valence-electron chi connectivity index (χ0n) is 15.8. The van der Waals surface area contributed by atoms with Gasteiger partial charge < -0.3 is 15.8 Å². The van der Waals surface area contributed by atoms with E-state index in [2.05, 4.69) is 45.4 Å². The fourth-order valence-corrected chi connectivity index (χ4v) is 3.23. The van der Waals surface area contributed by atoms with Crippen LogP contribution >= 0.6 is 0 Å². The van der Waals surface area contributed by atoms with Crippen LogP contribution in [0.2, 0.25) is 0 Å². The number of nitrogen functional groups attached to an aromatic ring is 1. The molecular formula is C19H30N6O. The van der Waals surface area contributed by atoms with E-state index in [0.717, 1.165) is 31.2 Å². The molecule has 142 valence electrons. The van der Waals surface area contributed by atoms with Crippen LogP contribution in [0.4, 0.5) is 11.9 Å². The summed E-state index contributed by atoms with van der Waals surface area (Å²) in [5.41, 5.74) is 6.89. The predicted molar refractivity (Wildman–Crippen MR) is 104 cm³/mol. The SMILES string of the molecule is CC1CCN(Cc2cccc(OCCCNc3nc(N)nn3C)c2)CC1. The summed E-state index contributed by atoms with van der Waals surface area (Å²) >= 11 is 0. The second-order valence-corrected chi connectivity index (χ2v) is 7.15. The average molecular weight is 358 g/mol. The van der Waals surface area contributed by atoms with Crippen LogP contribution in [0, 0.1) is 5.92 Å². The van der Waals surface area contributed by atoms with Gasteiger partial charge in [-0.25, -0.2) is 4.68 Å². The van der Waals surface area contributed by atoms with Crippen LogP contribution in [-0.4, -0.2) is 45.9 Å². The second kappa shape index (κ2) is 8.89. The molecule has 0 unspecified atom stereocenters. The largest absolute Gasteiger partial charge is 0.494 e. The quantitative estimate of drug-likeness (QED) is 0.706. The highest BCUT2D eigenvalue weighted by Crippen LogP contribution is 2.20. The van der Waals surface area contributed by atoms with Crippen molar-refractivity contribution in [3.63, 3.8) is 0 Å². The van der Waals surface area contributed by atoms with E-state index in [4.69, 9.17) is 10.5 Å². The normalized spacial score (nSPS) is 15.9. The molecule has 3 rings (SSSR count). The number of aryl methyl sites for hydroxylation is 1. The Balaban J connectivity index is 1.39. The highest BCUT2D eigenvalue weighted by molar-refractivity contribution is 5.31. The van der Waals surface area contributed by atoms with Gasteiger partial charge in [-0.05, 0) is 56.0 Å². The molecule has 0 aliphatic carbocycles. The van der Waals surface area contributed by atoms with Gasteiger partial charge in [0.15, 0.2) is 0 Å². The zero-order chi connectivity index (χ0) is 18.4. The number of hydrogen-bond acceptors (Lipinski definition) is 6. The van der Waals surface area contributed by atoms with Crippen LogP contribution in [0.1, 0.15) is 31.7 Å². The van der Waals surface area contributed by atoms with Gasteiger partial charge in [-0.3, -0.25) is 4.90 Å². The summed E-state index contributed by atoms with van der Waals surface area (Å²) in [5, 5.41) is 7.22. The van der Waals surface area contributed by atoms with Crippen molar-refractivity contribution >= 4 is 11.9 Å². The molecule has 1 aliphatic rings. The molecule has 0 radical (unpaired) electrons. The highest BCUT2D eigenvalue weighted by Gasteiger charge is 2.15. The molecule has 2 aromatic rings. The van der Waals surface area contributed by atoms with Gasteiger partial charge in [-0.2, -0.15) is 4.98 Å². The van der Waals surface area contributed by atoms with Gasteiger partial charge in [0.1, 0.15) is 5.75 Å². The smallest absolute Gasteiger partial charge is 0.241 e. The van der Waals surface area contributed by atoms with Crippen molar-refractivity contribution < 1.29 is 4.74 Å². The Kier molecular flexibility index (Phi) is 6.33. The third-order valence-electron chi connectivity index (χ3n) is 4.83. The number of likely N-dealkylation sites (tertiary alicyclic amines) is 1. The molecule has 2 heterocycles. The number of nitrogens with two attached hydrogens (primary N) is 1. The molecule has 0 atom stereocenters. The standard InChI is InChI=1S/C19H30N6O/c1-15-7-10-25(11-8-15)14-16-5-3-6-17(13-16)26-12-4-9-21-19-22-18(20)23-24(19)2/h3,5-6,13,15H,4,7-12,14H2,1-2H3,(H3,20,21,22,23). The number of piperidine rings is 1. The lowest BCUT2D eigenvalue weighted by Crippen LogP contribution is -2.32. The molecule has 1 aromatic heterocycles. The lowest BCUT2D eigenvalue weighted by atomic mass is 9.99. The Morgan fingerprint density at radius 2 is 2.12 bits per heavy atom. The van der Waals surface area contributed by atoms with E-state index in [1.807, 2.05) is 13.1 Å². The number of benzene rings is 1. The highest BCUT2D eigenvalue weighted by atomic mass is 16.5. The van der Waals surface area contributed by atoms with Gasteiger partial charge in [-0.1, -0.05) is 19.1 Å². The van der Waals surface area contributed by atoms with E-state index in [1.165, 1.54) is 31.5 Å². The molecule has 1 saturated heterocycles.